The minimum absolute atomic E-state index is 0.208. The summed E-state index contributed by atoms with van der Waals surface area (Å²) in [5.41, 5.74) is -0.385. The number of nitrogens with zero attached hydrogens (tertiary/aromatic N) is 1. The Bertz CT molecular complexity index is 316. The third-order valence-corrected chi connectivity index (χ3v) is 5.22. The lowest BCUT2D eigenvalue weighted by molar-refractivity contribution is -0.133. The second kappa shape index (κ2) is 6.90. The molecule has 2 N–H and O–H groups in total. The first-order valence-electron chi connectivity index (χ1n) is 8.30. The van der Waals surface area contributed by atoms with Crippen LogP contribution < -0.4 is 10.6 Å². The van der Waals surface area contributed by atoms with Gasteiger partial charge in [-0.1, -0.05) is 13.3 Å². The van der Waals surface area contributed by atoms with Crippen molar-refractivity contribution >= 4 is 5.91 Å². The van der Waals surface area contributed by atoms with Crippen LogP contribution in [0.3, 0.4) is 0 Å². The van der Waals surface area contributed by atoms with E-state index >= 15 is 0 Å². The number of piperazine rings is 1. The highest BCUT2D eigenvalue weighted by molar-refractivity contribution is 5.85. The van der Waals surface area contributed by atoms with Crippen LogP contribution in [0.25, 0.3) is 0 Å². The second-order valence-electron chi connectivity index (χ2n) is 6.90. The van der Waals surface area contributed by atoms with Crippen LogP contribution in [-0.4, -0.2) is 48.6 Å². The predicted octanol–water partition coefficient (Wildman–Crippen LogP) is 1.76. The van der Waals surface area contributed by atoms with Gasteiger partial charge in [0.05, 0.1) is 5.54 Å². The van der Waals surface area contributed by atoms with E-state index in [9.17, 15) is 4.79 Å². The van der Waals surface area contributed by atoms with Gasteiger partial charge in [-0.25, -0.2) is 0 Å². The van der Waals surface area contributed by atoms with Crippen molar-refractivity contribution in [1.29, 1.82) is 0 Å². The largest absolute Gasteiger partial charge is 0.352 e. The highest BCUT2D eigenvalue weighted by Gasteiger charge is 2.36. The van der Waals surface area contributed by atoms with Crippen molar-refractivity contribution in [2.45, 2.75) is 64.5 Å². The molecule has 1 saturated heterocycles. The molecule has 0 unspecified atom stereocenters. The van der Waals surface area contributed by atoms with Crippen molar-refractivity contribution in [2.24, 2.45) is 5.92 Å². The fourth-order valence-corrected chi connectivity index (χ4v) is 3.44. The Labute approximate surface area is 123 Å². The molecule has 2 fully saturated rings. The van der Waals surface area contributed by atoms with Crippen molar-refractivity contribution in [1.82, 2.24) is 15.5 Å². The van der Waals surface area contributed by atoms with Gasteiger partial charge >= 0.3 is 0 Å². The summed E-state index contributed by atoms with van der Waals surface area (Å²) in [6.07, 6.45) is 6.14. The van der Waals surface area contributed by atoms with Gasteiger partial charge in [0.25, 0.3) is 0 Å². The SMILES string of the molecule is CCC1CCC(NC(=O)C(C)(C)N2CCNCC2)CC1. The van der Waals surface area contributed by atoms with Gasteiger partial charge in [-0.3, -0.25) is 9.69 Å². The van der Waals surface area contributed by atoms with Crippen LogP contribution >= 0.6 is 0 Å². The Kier molecular flexibility index (Phi) is 5.44. The van der Waals surface area contributed by atoms with E-state index in [1.54, 1.807) is 0 Å². The Morgan fingerprint density at radius 3 is 2.35 bits per heavy atom. The molecule has 1 aliphatic carbocycles. The maximum Gasteiger partial charge on any atom is 0.240 e. The summed E-state index contributed by atoms with van der Waals surface area (Å²) in [4.78, 5) is 14.9. The molecule has 0 aromatic carbocycles. The molecule has 0 radical (unpaired) electrons. The van der Waals surface area contributed by atoms with Crippen LogP contribution in [0.4, 0.5) is 0 Å². The summed E-state index contributed by atoms with van der Waals surface area (Å²) in [6.45, 7) is 10.3. The molecule has 2 aliphatic rings. The van der Waals surface area contributed by atoms with Crippen molar-refractivity contribution in [3.63, 3.8) is 0 Å². The first kappa shape index (κ1) is 15.8. The monoisotopic (exact) mass is 281 g/mol. The molecule has 0 bridgehead atoms. The van der Waals surface area contributed by atoms with Crippen LogP contribution in [0.2, 0.25) is 0 Å². The van der Waals surface area contributed by atoms with Gasteiger partial charge in [-0.05, 0) is 45.4 Å². The van der Waals surface area contributed by atoms with Crippen LogP contribution in [-0.2, 0) is 4.79 Å². The molecule has 20 heavy (non-hydrogen) atoms. The molecule has 1 saturated carbocycles. The van der Waals surface area contributed by atoms with E-state index in [-0.39, 0.29) is 11.4 Å². The topological polar surface area (TPSA) is 44.4 Å². The molecule has 0 spiro atoms. The maximum absolute atomic E-state index is 12.6. The zero-order valence-electron chi connectivity index (χ0n) is 13.4. The molecule has 4 nitrogen and oxygen atoms in total. The zero-order valence-corrected chi connectivity index (χ0v) is 13.4. The minimum atomic E-state index is -0.385. The molecule has 0 atom stereocenters. The highest BCUT2D eigenvalue weighted by Crippen LogP contribution is 2.27. The van der Waals surface area contributed by atoms with E-state index in [1.807, 2.05) is 0 Å². The van der Waals surface area contributed by atoms with Crippen LogP contribution in [0.1, 0.15) is 52.9 Å². The number of rotatable bonds is 4. The van der Waals surface area contributed by atoms with Crippen molar-refractivity contribution in [3.05, 3.63) is 0 Å². The number of hydrogen-bond donors (Lipinski definition) is 2. The van der Waals surface area contributed by atoms with Gasteiger partial charge < -0.3 is 10.6 Å². The first-order chi connectivity index (χ1) is 9.54. The third-order valence-electron chi connectivity index (χ3n) is 5.22. The zero-order chi connectivity index (χ0) is 14.6. The number of carbonyl (C=O) groups excluding carboxylic acids is 1. The molecule has 1 amide bonds. The second-order valence-corrected chi connectivity index (χ2v) is 6.90. The molecule has 116 valence electrons. The lowest BCUT2D eigenvalue weighted by Gasteiger charge is -2.41. The molecule has 2 rings (SSSR count). The Balaban J connectivity index is 1.84. The Hall–Kier alpha value is -0.610. The fourth-order valence-electron chi connectivity index (χ4n) is 3.44. The molecular formula is C16H31N3O. The summed E-state index contributed by atoms with van der Waals surface area (Å²) in [5.74, 6) is 1.09. The van der Waals surface area contributed by atoms with Gasteiger partial charge in [0.2, 0.25) is 5.91 Å². The predicted molar refractivity (Wildman–Crippen MR) is 82.7 cm³/mol. The van der Waals surface area contributed by atoms with Crippen molar-refractivity contribution < 1.29 is 4.79 Å². The Morgan fingerprint density at radius 1 is 1.20 bits per heavy atom. The van der Waals surface area contributed by atoms with E-state index in [0.717, 1.165) is 44.9 Å². The van der Waals surface area contributed by atoms with Crippen LogP contribution in [0.5, 0.6) is 0 Å². The Morgan fingerprint density at radius 2 is 1.80 bits per heavy atom. The number of hydrogen-bond acceptors (Lipinski definition) is 3. The number of nitrogens with one attached hydrogen (secondary N) is 2. The van der Waals surface area contributed by atoms with Crippen LogP contribution in [0.15, 0.2) is 0 Å². The van der Waals surface area contributed by atoms with Crippen molar-refractivity contribution in [2.75, 3.05) is 26.2 Å². The molecular weight excluding hydrogens is 250 g/mol. The van der Waals surface area contributed by atoms with E-state index in [0.29, 0.717) is 6.04 Å². The standard InChI is InChI=1S/C16H31N3O/c1-4-13-5-7-14(8-6-13)18-15(20)16(2,3)19-11-9-17-10-12-19/h13-14,17H,4-12H2,1-3H3,(H,18,20). The normalized spacial score (nSPS) is 29.1. The lowest BCUT2D eigenvalue weighted by Crippen LogP contribution is -2.61. The first-order valence-corrected chi connectivity index (χ1v) is 8.30. The molecule has 0 aromatic rings. The minimum Gasteiger partial charge on any atom is -0.352 e. The molecule has 1 aliphatic heterocycles. The fraction of sp³-hybridized carbons (Fsp3) is 0.938. The lowest BCUT2D eigenvalue weighted by atomic mass is 9.84. The molecule has 0 aromatic heterocycles. The number of carbonyl (C=O) groups is 1. The maximum atomic E-state index is 12.6. The molecule has 1 heterocycles. The van der Waals surface area contributed by atoms with Gasteiger partial charge in [-0.15, -0.1) is 0 Å². The van der Waals surface area contributed by atoms with Crippen molar-refractivity contribution in [3.8, 4) is 0 Å². The summed E-state index contributed by atoms with van der Waals surface area (Å²) in [6, 6.07) is 0.396. The van der Waals surface area contributed by atoms with Gasteiger partial charge in [-0.2, -0.15) is 0 Å². The average molecular weight is 281 g/mol. The smallest absolute Gasteiger partial charge is 0.240 e. The van der Waals surface area contributed by atoms with Gasteiger partial charge in [0.15, 0.2) is 0 Å². The third kappa shape index (κ3) is 3.73. The highest BCUT2D eigenvalue weighted by atomic mass is 16.2. The van der Waals surface area contributed by atoms with Crippen LogP contribution in [0, 0.1) is 5.92 Å². The summed E-state index contributed by atoms with van der Waals surface area (Å²) in [7, 11) is 0. The van der Waals surface area contributed by atoms with E-state index in [1.165, 1.54) is 19.3 Å². The van der Waals surface area contributed by atoms with E-state index < -0.39 is 0 Å². The summed E-state index contributed by atoms with van der Waals surface area (Å²) < 4.78 is 0. The molecule has 4 heteroatoms. The van der Waals surface area contributed by atoms with E-state index in [4.69, 9.17) is 0 Å². The van der Waals surface area contributed by atoms with Gasteiger partial charge in [0, 0.05) is 32.2 Å². The quantitative estimate of drug-likeness (QED) is 0.825. The van der Waals surface area contributed by atoms with Gasteiger partial charge in [0.1, 0.15) is 0 Å². The van der Waals surface area contributed by atoms with E-state index in [2.05, 4.69) is 36.3 Å². The summed E-state index contributed by atoms with van der Waals surface area (Å²) >= 11 is 0. The summed E-state index contributed by atoms with van der Waals surface area (Å²) in [5, 5.41) is 6.65. The average Bonchev–Trinajstić information content (AvgIpc) is 2.49. The number of amides is 1.